The number of carbonyl (C=O) groups is 2. The van der Waals surface area contributed by atoms with E-state index in [1.54, 1.807) is 0 Å². The summed E-state index contributed by atoms with van der Waals surface area (Å²) in [6.45, 7) is 1.80. The van der Waals surface area contributed by atoms with E-state index in [0.29, 0.717) is 18.9 Å². The standard InChI is InChI=1S/C14H24N2O3/c1-19-14(18)10-12-6-2-3-8-16(12)13(17)9-11-5-4-7-15-11/h11-12,15H,2-10H2,1H3. The van der Waals surface area contributed by atoms with Gasteiger partial charge in [0.25, 0.3) is 0 Å². The highest BCUT2D eigenvalue weighted by Crippen LogP contribution is 2.22. The third-order valence-corrected chi connectivity index (χ3v) is 4.16. The molecule has 0 aromatic rings. The van der Waals surface area contributed by atoms with Gasteiger partial charge in [-0.2, -0.15) is 0 Å². The fourth-order valence-electron chi connectivity index (χ4n) is 3.08. The fraction of sp³-hybridized carbons (Fsp3) is 0.857. The number of piperidine rings is 1. The number of hydrogen-bond donors (Lipinski definition) is 1. The number of rotatable bonds is 4. The highest BCUT2D eigenvalue weighted by atomic mass is 16.5. The summed E-state index contributed by atoms with van der Waals surface area (Å²) in [5.41, 5.74) is 0. The average molecular weight is 268 g/mol. The lowest BCUT2D eigenvalue weighted by molar-refractivity contribution is -0.144. The van der Waals surface area contributed by atoms with Gasteiger partial charge in [-0.25, -0.2) is 0 Å². The van der Waals surface area contributed by atoms with Gasteiger partial charge in [-0.3, -0.25) is 9.59 Å². The van der Waals surface area contributed by atoms with E-state index in [9.17, 15) is 9.59 Å². The molecule has 0 bridgehead atoms. The molecule has 0 aromatic heterocycles. The first-order valence-electron chi connectivity index (χ1n) is 7.30. The van der Waals surface area contributed by atoms with Crippen LogP contribution in [-0.2, 0) is 14.3 Å². The van der Waals surface area contributed by atoms with Crippen molar-refractivity contribution >= 4 is 11.9 Å². The number of ether oxygens (including phenoxy) is 1. The second-order valence-corrected chi connectivity index (χ2v) is 5.51. The Morgan fingerprint density at radius 3 is 2.74 bits per heavy atom. The van der Waals surface area contributed by atoms with E-state index < -0.39 is 0 Å². The average Bonchev–Trinajstić information content (AvgIpc) is 2.92. The summed E-state index contributed by atoms with van der Waals surface area (Å²) in [7, 11) is 1.40. The van der Waals surface area contributed by atoms with E-state index in [1.165, 1.54) is 7.11 Å². The fourth-order valence-corrected chi connectivity index (χ4v) is 3.08. The third kappa shape index (κ3) is 3.93. The second-order valence-electron chi connectivity index (χ2n) is 5.51. The molecule has 0 radical (unpaired) electrons. The molecule has 1 amide bonds. The van der Waals surface area contributed by atoms with Crippen molar-refractivity contribution in [2.24, 2.45) is 0 Å². The second kappa shape index (κ2) is 6.89. The van der Waals surface area contributed by atoms with Crippen molar-refractivity contribution in [3.05, 3.63) is 0 Å². The number of methoxy groups -OCH3 is 1. The number of hydrogen-bond acceptors (Lipinski definition) is 4. The Balaban J connectivity index is 1.89. The number of amides is 1. The largest absolute Gasteiger partial charge is 0.469 e. The third-order valence-electron chi connectivity index (χ3n) is 4.16. The van der Waals surface area contributed by atoms with E-state index in [4.69, 9.17) is 4.74 Å². The summed E-state index contributed by atoms with van der Waals surface area (Å²) < 4.78 is 4.73. The Morgan fingerprint density at radius 1 is 1.21 bits per heavy atom. The van der Waals surface area contributed by atoms with Crippen LogP contribution in [0.25, 0.3) is 0 Å². The van der Waals surface area contributed by atoms with Crippen LogP contribution in [0.4, 0.5) is 0 Å². The first kappa shape index (κ1) is 14.3. The first-order chi connectivity index (χ1) is 9.20. The molecule has 2 aliphatic rings. The number of carbonyl (C=O) groups excluding carboxylic acids is 2. The molecule has 0 saturated carbocycles. The lowest BCUT2D eigenvalue weighted by Crippen LogP contribution is -2.46. The van der Waals surface area contributed by atoms with Gasteiger partial charge in [-0.1, -0.05) is 0 Å². The Morgan fingerprint density at radius 2 is 2.05 bits per heavy atom. The molecule has 2 saturated heterocycles. The minimum Gasteiger partial charge on any atom is -0.469 e. The van der Waals surface area contributed by atoms with Crippen LogP contribution < -0.4 is 5.32 Å². The molecule has 0 aromatic carbocycles. The quantitative estimate of drug-likeness (QED) is 0.775. The minimum atomic E-state index is -0.219. The maximum atomic E-state index is 12.4. The molecule has 5 nitrogen and oxygen atoms in total. The minimum absolute atomic E-state index is 0.0371. The number of likely N-dealkylation sites (tertiary alicyclic amines) is 1. The zero-order valence-electron chi connectivity index (χ0n) is 11.7. The Hall–Kier alpha value is -1.10. The summed E-state index contributed by atoms with van der Waals surface area (Å²) in [6, 6.07) is 0.364. The molecule has 0 spiro atoms. The van der Waals surface area contributed by atoms with Crippen molar-refractivity contribution in [2.75, 3.05) is 20.2 Å². The van der Waals surface area contributed by atoms with Crippen molar-refractivity contribution in [1.29, 1.82) is 0 Å². The molecule has 1 N–H and O–H groups in total. The molecule has 2 atom stereocenters. The summed E-state index contributed by atoms with van der Waals surface area (Å²) in [4.78, 5) is 25.7. The van der Waals surface area contributed by atoms with Gasteiger partial charge >= 0.3 is 5.97 Å². The summed E-state index contributed by atoms with van der Waals surface area (Å²) >= 11 is 0. The van der Waals surface area contributed by atoms with E-state index in [2.05, 4.69) is 5.32 Å². The molecule has 2 heterocycles. The highest BCUT2D eigenvalue weighted by molar-refractivity contribution is 5.78. The molecule has 2 unspecified atom stereocenters. The van der Waals surface area contributed by atoms with Crippen molar-refractivity contribution in [3.63, 3.8) is 0 Å². The predicted octanol–water partition coefficient (Wildman–Crippen LogP) is 1.07. The van der Waals surface area contributed by atoms with Gasteiger partial charge in [-0.05, 0) is 38.6 Å². The summed E-state index contributed by atoms with van der Waals surface area (Å²) in [6.07, 6.45) is 6.19. The van der Waals surface area contributed by atoms with Gasteiger partial charge < -0.3 is 15.0 Å². The van der Waals surface area contributed by atoms with Gasteiger partial charge in [0.05, 0.1) is 13.5 Å². The monoisotopic (exact) mass is 268 g/mol. The van der Waals surface area contributed by atoms with Crippen LogP contribution in [0.2, 0.25) is 0 Å². The number of nitrogens with one attached hydrogen (secondary N) is 1. The molecular formula is C14H24N2O3. The van der Waals surface area contributed by atoms with Crippen LogP contribution >= 0.6 is 0 Å². The highest BCUT2D eigenvalue weighted by Gasteiger charge is 2.30. The van der Waals surface area contributed by atoms with E-state index >= 15 is 0 Å². The molecule has 2 rings (SSSR count). The Bertz CT molecular complexity index is 327. The summed E-state index contributed by atoms with van der Waals surface area (Å²) in [5, 5.41) is 3.35. The Labute approximate surface area is 114 Å². The first-order valence-corrected chi connectivity index (χ1v) is 7.30. The van der Waals surface area contributed by atoms with Crippen LogP contribution in [0, 0.1) is 0 Å². The zero-order valence-corrected chi connectivity index (χ0v) is 11.7. The van der Waals surface area contributed by atoms with Gasteiger partial charge in [-0.15, -0.1) is 0 Å². The van der Waals surface area contributed by atoms with Crippen LogP contribution in [0.15, 0.2) is 0 Å². The number of esters is 1. The normalized spacial score (nSPS) is 27.3. The van der Waals surface area contributed by atoms with Gasteiger partial charge in [0.2, 0.25) is 5.91 Å². The Kier molecular flexibility index (Phi) is 5.19. The summed E-state index contributed by atoms with van der Waals surface area (Å²) in [5.74, 6) is -0.0308. The lowest BCUT2D eigenvalue weighted by Gasteiger charge is -2.35. The molecule has 2 aliphatic heterocycles. The van der Waals surface area contributed by atoms with Crippen LogP contribution in [0.5, 0.6) is 0 Å². The smallest absolute Gasteiger partial charge is 0.307 e. The molecule has 108 valence electrons. The topological polar surface area (TPSA) is 58.6 Å². The predicted molar refractivity (Wildman–Crippen MR) is 71.6 cm³/mol. The van der Waals surface area contributed by atoms with Crippen LogP contribution in [0.3, 0.4) is 0 Å². The molecule has 0 aliphatic carbocycles. The molecule has 2 fully saturated rings. The number of nitrogens with zero attached hydrogens (tertiary/aromatic N) is 1. The van der Waals surface area contributed by atoms with Crippen LogP contribution in [-0.4, -0.2) is 49.1 Å². The zero-order chi connectivity index (χ0) is 13.7. The van der Waals surface area contributed by atoms with E-state index in [-0.39, 0.29) is 17.9 Å². The van der Waals surface area contributed by atoms with Gasteiger partial charge in [0.1, 0.15) is 0 Å². The maximum absolute atomic E-state index is 12.4. The van der Waals surface area contributed by atoms with Gasteiger partial charge in [0.15, 0.2) is 0 Å². The van der Waals surface area contributed by atoms with Crippen molar-refractivity contribution in [2.45, 2.75) is 57.0 Å². The SMILES string of the molecule is COC(=O)CC1CCCCN1C(=O)CC1CCCN1. The van der Waals surface area contributed by atoms with Crippen molar-refractivity contribution in [1.82, 2.24) is 10.2 Å². The molecule has 19 heavy (non-hydrogen) atoms. The van der Waals surface area contributed by atoms with Gasteiger partial charge in [0, 0.05) is 25.0 Å². The maximum Gasteiger partial charge on any atom is 0.307 e. The lowest BCUT2D eigenvalue weighted by atomic mass is 9.98. The van der Waals surface area contributed by atoms with Crippen molar-refractivity contribution < 1.29 is 14.3 Å². The molecular weight excluding hydrogens is 244 g/mol. The van der Waals surface area contributed by atoms with Crippen LogP contribution in [0.1, 0.15) is 44.9 Å². The molecule has 5 heteroatoms. The van der Waals surface area contributed by atoms with E-state index in [1.807, 2.05) is 4.90 Å². The van der Waals surface area contributed by atoms with Crippen molar-refractivity contribution in [3.8, 4) is 0 Å². The van der Waals surface area contributed by atoms with E-state index in [0.717, 1.165) is 45.2 Å².